The van der Waals surface area contributed by atoms with Crippen LogP contribution in [0.2, 0.25) is 0 Å². The zero-order chi connectivity index (χ0) is 16.2. The van der Waals surface area contributed by atoms with Crippen molar-refractivity contribution in [3.8, 4) is 0 Å². The summed E-state index contributed by atoms with van der Waals surface area (Å²) >= 11 is 0. The number of likely N-dealkylation sites (N-methyl/N-ethyl adjacent to an activating group) is 1. The van der Waals surface area contributed by atoms with Crippen LogP contribution < -0.4 is 0 Å². The molecule has 2 rings (SSSR count). The maximum atomic E-state index is 12.8. The zero-order valence-corrected chi connectivity index (χ0v) is 13.9. The third-order valence-corrected chi connectivity index (χ3v) is 4.98. The Labute approximate surface area is 131 Å². The first-order valence-electron chi connectivity index (χ1n) is 6.93. The van der Waals surface area contributed by atoms with Crippen molar-refractivity contribution in [2.75, 3.05) is 27.2 Å². The number of hydrogen-bond acceptors (Lipinski definition) is 5. The summed E-state index contributed by atoms with van der Waals surface area (Å²) in [5.74, 6) is 0. The van der Waals surface area contributed by atoms with Crippen LogP contribution in [0, 0.1) is 0 Å². The number of hydrogen-bond donors (Lipinski definition) is 0. The molecular formula is C14H21N5O2S. The van der Waals surface area contributed by atoms with Gasteiger partial charge in [0.2, 0.25) is 10.0 Å². The molecule has 0 saturated heterocycles. The van der Waals surface area contributed by atoms with Crippen LogP contribution in [-0.2, 0) is 23.6 Å². The van der Waals surface area contributed by atoms with Gasteiger partial charge in [0, 0.05) is 32.5 Å². The van der Waals surface area contributed by atoms with Crippen LogP contribution in [0.1, 0.15) is 5.69 Å². The van der Waals surface area contributed by atoms with Gasteiger partial charge in [-0.15, -0.1) is 0 Å². The Morgan fingerprint density at radius 3 is 2.55 bits per heavy atom. The van der Waals surface area contributed by atoms with Gasteiger partial charge >= 0.3 is 0 Å². The molecule has 0 unspecified atom stereocenters. The normalized spacial score (nSPS) is 12.2. The quantitative estimate of drug-likeness (QED) is 0.745. The van der Waals surface area contributed by atoms with Crippen LogP contribution >= 0.6 is 0 Å². The highest BCUT2D eigenvalue weighted by molar-refractivity contribution is 7.89. The maximum Gasteiger partial charge on any atom is 0.246 e. The molecule has 7 nitrogen and oxygen atoms in total. The van der Waals surface area contributed by atoms with E-state index >= 15 is 0 Å². The topological polar surface area (TPSA) is 71.3 Å². The molecule has 0 amide bonds. The summed E-state index contributed by atoms with van der Waals surface area (Å²) in [5, 5.41) is 3.95. The summed E-state index contributed by atoms with van der Waals surface area (Å²) in [6, 6.07) is 5.48. The second-order valence-corrected chi connectivity index (χ2v) is 7.25. The first-order chi connectivity index (χ1) is 10.4. The van der Waals surface area contributed by atoms with E-state index in [2.05, 4.69) is 10.1 Å². The molecule has 0 atom stereocenters. The first kappa shape index (κ1) is 16.6. The molecule has 0 fully saturated rings. The van der Waals surface area contributed by atoms with E-state index in [-0.39, 0.29) is 11.4 Å². The van der Waals surface area contributed by atoms with E-state index in [1.807, 2.05) is 37.2 Å². The highest BCUT2D eigenvalue weighted by Crippen LogP contribution is 2.16. The summed E-state index contributed by atoms with van der Waals surface area (Å²) in [7, 11) is 1.93. The smallest absolute Gasteiger partial charge is 0.246 e. The average Bonchev–Trinajstić information content (AvgIpc) is 2.91. The standard InChI is InChI=1S/C14H21N5O2S/c1-17(2)8-9-19(11-13-6-4-5-7-15-13)22(20,21)14-10-16-18(3)12-14/h4-7,10,12H,8-9,11H2,1-3H3. The molecule has 0 spiro atoms. The van der Waals surface area contributed by atoms with Crippen LogP contribution in [0.25, 0.3) is 0 Å². The van der Waals surface area contributed by atoms with E-state index in [1.54, 1.807) is 13.2 Å². The predicted octanol–water partition coefficient (Wildman–Crippen LogP) is 0.568. The van der Waals surface area contributed by atoms with Crippen molar-refractivity contribution in [2.45, 2.75) is 11.4 Å². The minimum absolute atomic E-state index is 0.199. The second kappa shape index (κ2) is 6.99. The number of aryl methyl sites for hydroxylation is 1. The fraction of sp³-hybridized carbons (Fsp3) is 0.429. The molecule has 8 heteroatoms. The SMILES string of the molecule is CN(C)CCN(Cc1ccccn1)S(=O)(=O)c1cnn(C)c1. The summed E-state index contributed by atoms with van der Waals surface area (Å²) in [6.07, 6.45) is 4.54. The van der Waals surface area contributed by atoms with Gasteiger partial charge in [0.15, 0.2) is 0 Å². The molecular weight excluding hydrogens is 302 g/mol. The summed E-state index contributed by atoms with van der Waals surface area (Å²) in [6.45, 7) is 1.26. The van der Waals surface area contributed by atoms with Crippen LogP contribution in [0.15, 0.2) is 41.7 Å². The molecule has 22 heavy (non-hydrogen) atoms. The molecule has 2 heterocycles. The Morgan fingerprint density at radius 2 is 2.00 bits per heavy atom. The van der Waals surface area contributed by atoms with E-state index in [0.717, 1.165) is 0 Å². The van der Waals surface area contributed by atoms with Crippen LogP contribution in [0.3, 0.4) is 0 Å². The summed E-state index contributed by atoms with van der Waals surface area (Å²) in [4.78, 5) is 6.36. The monoisotopic (exact) mass is 323 g/mol. The largest absolute Gasteiger partial charge is 0.308 e. The molecule has 2 aromatic heterocycles. The lowest BCUT2D eigenvalue weighted by atomic mass is 10.3. The number of rotatable bonds is 7. The van der Waals surface area contributed by atoms with Gasteiger partial charge in [-0.1, -0.05) is 6.07 Å². The molecule has 0 bridgehead atoms. The van der Waals surface area contributed by atoms with E-state index in [4.69, 9.17) is 0 Å². The molecule has 0 aliphatic carbocycles. The van der Waals surface area contributed by atoms with Crippen molar-refractivity contribution in [3.63, 3.8) is 0 Å². The Morgan fingerprint density at radius 1 is 1.23 bits per heavy atom. The van der Waals surface area contributed by atoms with Gasteiger partial charge in [-0.3, -0.25) is 9.67 Å². The number of nitrogens with zero attached hydrogens (tertiary/aromatic N) is 5. The van der Waals surface area contributed by atoms with Crippen LogP contribution in [0.4, 0.5) is 0 Å². The number of pyridine rings is 1. The van der Waals surface area contributed by atoms with Gasteiger partial charge < -0.3 is 4.90 Å². The van der Waals surface area contributed by atoms with Gasteiger partial charge in [0.1, 0.15) is 4.90 Å². The average molecular weight is 323 g/mol. The third kappa shape index (κ3) is 4.12. The Kier molecular flexibility index (Phi) is 5.28. The second-order valence-electron chi connectivity index (χ2n) is 5.31. The van der Waals surface area contributed by atoms with Gasteiger partial charge in [-0.2, -0.15) is 9.40 Å². The van der Waals surface area contributed by atoms with Crippen molar-refractivity contribution in [1.29, 1.82) is 0 Å². The lowest BCUT2D eigenvalue weighted by Gasteiger charge is -2.22. The van der Waals surface area contributed by atoms with E-state index in [9.17, 15) is 8.42 Å². The Bertz CT molecular complexity index is 697. The zero-order valence-electron chi connectivity index (χ0n) is 13.0. The maximum absolute atomic E-state index is 12.8. The van der Waals surface area contributed by atoms with Crippen molar-refractivity contribution < 1.29 is 8.42 Å². The van der Waals surface area contributed by atoms with Gasteiger partial charge in [-0.05, 0) is 26.2 Å². The first-order valence-corrected chi connectivity index (χ1v) is 8.37. The lowest BCUT2D eigenvalue weighted by Crippen LogP contribution is -2.36. The lowest BCUT2D eigenvalue weighted by molar-refractivity contribution is 0.327. The molecule has 0 aliphatic rings. The van der Waals surface area contributed by atoms with Gasteiger partial charge in [0.05, 0.1) is 18.4 Å². The molecule has 0 saturated carbocycles. The Hall–Kier alpha value is -1.77. The van der Waals surface area contributed by atoms with Gasteiger partial charge in [0.25, 0.3) is 0 Å². The minimum Gasteiger partial charge on any atom is -0.308 e. The number of aromatic nitrogens is 3. The predicted molar refractivity (Wildman–Crippen MR) is 83.6 cm³/mol. The van der Waals surface area contributed by atoms with Crippen molar-refractivity contribution in [1.82, 2.24) is 24.0 Å². The Balaban J connectivity index is 2.26. The van der Waals surface area contributed by atoms with E-state index < -0.39 is 10.0 Å². The molecule has 120 valence electrons. The molecule has 2 aromatic rings. The van der Waals surface area contributed by atoms with E-state index in [0.29, 0.717) is 18.8 Å². The third-order valence-electron chi connectivity index (χ3n) is 3.18. The van der Waals surface area contributed by atoms with Crippen LogP contribution in [0.5, 0.6) is 0 Å². The van der Waals surface area contributed by atoms with Crippen LogP contribution in [-0.4, -0.2) is 59.6 Å². The summed E-state index contributed by atoms with van der Waals surface area (Å²) in [5.41, 5.74) is 0.716. The van der Waals surface area contributed by atoms with Gasteiger partial charge in [-0.25, -0.2) is 8.42 Å². The molecule has 0 radical (unpaired) electrons. The molecule has 0 aliphatic heterocycles. The fourth-order valence-corrected chi connectivity index (χ4v) is 3.34. The van der Waals surface area contributed by atoms with Crippen molar-refractivity contribution in [3.05, 3.63) is 42.5 Å². The highest BCUT2D eigenvalue weighted by Gasteiger charge is 2.26. The number of sulfonamides is 1. The fourth-order valence-electron chi connectivity index (χ4n) is 1.95. The molecule has 0 N–H and O–H groups in total. The minimum atomic E-state index is -3.59. The highest BCUT2D eigenvalue weighted by atomic mass is 32.2. The summed E-state index contributed by atoms with van der Waals surface area (Å²) < 4.78 is 28.5. The van der Waals surface area contributed by atoms with Crippen molar-refractivity contribution >= 4 is 10.0 Å². The van der Waals surface area contributed by atoms with E-state index in [1.165, 1.54) is 21.4 Å². The molecule has 0 aromatic carbocycles. The van der Waals surface area contributed by atoms with Crippen molar-refractivity contribution in [2.24, 2.45) is 7.05 Å².